The third-order valence-electron chi connectivity index (χ3n) is 3.31. The second kappa shape index (κ2) is 5.42. The van der Waals surface area contributed by atoms with Crippen molar-refractivity contribution in [1.82, 2.24) is 15.0 Å². The predicted octanol–water partition coefficient (Wildman–Crippen LogP) is 4.99. The molecule has 2 heterocycles. The van der Waals surface area contributed by atoms with E-state index in [1.807, 2.05) is 6.92 Å². The quantitative estimate of drug-likeness (QED) is 0.691. The molecule has 0 aliphatic heterocycles. The van der Waals surface area contributed by atoms with E-state index in [1.165, 1.54) is 0 Å². The van der Waals surface area contributed by atoms with Crippen LogP contribution in [-0.2, 0) is 6.18 Å². The van der Waals surface area contributed by atoms with Gasteiger partial charge in [0.1, 0.15) is 11.5 Å². The van der Waals surface area contributed by atoms with Gasteiger partial charge in [0, 0.05) is 16.4 Å². The van der Waals surface area contributed by atoms with E-state index in [2.05, 4.69) is 20.3 Å². The van der Waals surface area contributed by atoms with Crippen LogP contribution >= 0.6 is 11.6 Å². The number of nitrogens with zero attached hydrogens (tertiary/aromatic N) is 2. The van der Waals surface area contributed by atoms with Crippen LogP contribution in [-0.4, -0.2) is 15.0 Å². The van der Waals surface area contributed by atoms with Crippen LogP contribution in [0.2, 0.25) is 5.02 Å². The van der Waals surface area contributed by atoms with Gasteiger partial charge in [0.25, 0.3) is 0 Å². The Morgan fingerprint density at radius 1 is 1.13 bits per heavy atom. The molecule has 0 amide bonds. The molecule has 0 aliphatic rings. The first-order valence-corrected chi connectivity index (χ1v) is 7.09. The zero-order valence-electron chi connectivity index (χ0n) is 12.2. The Hall–Kier alpha value is -2.28. The van der Waals surface area contributed by atoms with Crippen molar-refractivity contribution in [2.24, 2.45) is 0 Å². The molecule has 0 aliphatic carbocycles. The molecule has 0 radical (unpaired) electrons. The fourth-order valence-electron chi connectivity index (χ4n) is 2.17. The van der Waals surface area contributed by atoms with Crippen molar-refractivity contribution in [3.05, 3.63) is 46.4 Å². The normalized spacial score (nSPS) is 11.9. The number of hydrogen-bond donors (Lipinski definition) is 2. The summed E-state index contributed by atoms with van der Waals surface area (Å²) in [7, 11) is 0. The number of aromatic amines is 1. The number of halogens is 4. The molecule has 3 aromatic rings. The van der Waals surface area contributed by atoms with Crippen molar-refractivity contribution < 1.29 is 13.2 Å². The van der Waals surface area contributed by atoms with Gasteiger partial charge in [-0.3, -0.25) is 0 Å². The van der Waals surface area contributed by atoms with Crippen LogP contribution in [0.25, 0.3) is 11.0 Å². The lowest BCUT2D eigenvalue weighted by Crippen LogP contribution is -2.12. The highest BCUT2D eigenvalue weighted by molar-refractivity contribution is 6.31. The third-order valence-corrected chi connectivity index (χ3v) is 3.72. The fourth-order valence-corrected chi connectivity index (χ4v) is 2.35. The molecule has 0 saturated heterocycles. The molecule has 0 fully saturated rings. The monoisotopic (exact) mass is 340 g/mol. The van der Waals surface area contributed by atoms with Gasteiger partial charge in [0.15, 0.2) is 0 Å². The molecule has 4 nitrogen and oxygen atoms in total. The zero-order chi connectivity index (χ0) is 16.8. The molecular weight excluding hydrogens is 329 g/mol. The van der Waals surface area contributed by atoms with Gasteiger partial charge in [-0.25, -0.2) is 9.97 Å². The Balaban J connectivity index is 2.12. The summed E-state index contributed by atoms with van der Waals surface area (Å²) in [6.07, 6.45) is -4.63. The summed E-state index contributed by atoms with van der Waals surface area (Å²) in [6, 6.07) is 6.82. The molecule has 3 rings (SSSR count). The molecule has 0 saturated carbocycles. The van der Waals surface area contributed by atoms with Gasteiger partial charge in [-0.2, -0.15) is 13.2 Å². The van der Waals surface area contributed by atoms with E-state index in [-0.39, 0.29) is 11.5 Å². The molecule has 0 atom stereocenters. The molecule has 0 bridgehead atoms. The minimum Gasteiger partial charge on any atom is -0.343 e. The summed E-state index contributed by atoms with van der Waals surface area (Å²) in [5, 5.41) is 3.88. The van der Waals surface area contributed by atoms with Crippen molar-refractivity contribution in [2.45, 2.75) is 20.0 Å². The fraction of sp³-hybridized carbons (Fsp3) is 0.200. The summed E-state index contributed by atoms with van der Waals surface area (Å²) < 4.78 is 38.9. The van der Waals surface area contributed by atoms with Crippen LogP contribution < -0.4 is 5.32 Å². The van der Waals surface area contributed by atoms with Crippen LogP contribution in [0.5, 0.6) is 0 Å². The smallest absolute Gasteiger partial charge is 0.343 e. The maximum Gasteiger partial charge on any atom is 0.451 e. The van der Waals surface area contributed by atoms with Gasteiger partial charge < -0.3 is 10.3 Å². The van der Waals surface area contributed by atoms with E-state index in [9.17, 15) is 13.2 Å². The molecular formula is C15H12ClF3N4. The van der Waals surface area contributed by atoms with Crippen molar-refractivity contribution >= 4 is 34.1 Å². The van der Waals surface area contributed by atoms with E-state index < -0.39 is 12.0 Å². The number of nitrogens with one attached hydrogen (secondary N) is 2. The average Bonchev–Trinajstić information content (AvgIpc) is 2.82. The van der Waals surface area contributed by atoms with Gasteiger partial charge >= 0.3 is 6.18 Å². The van der Waals surface area contributed by atoms with Crippen LogP contribution in [0.4, 0.5) is 24.7 Å². The summed E-state index contributed by atoms with van der Waals surface area (Å²) >= 11 is 6.05. The molecule has 8 heteroatoms. The van der Waals surface area contributed by atoms with E-state index in [0.717, 1.165) is 5.56 Å². The Morgan fingerprint density at radius 2 is 1.87 bits per heavy atom. The first-order valence-electron chi connectivity index (χ1n) is 6.72. The number of hydrogen-bond acceptors (Lipinski definition) is 3. The number of alkyl halides is 3. The summed E-state index contributed by atoms with van der Waals surface area (Å²) in [5.74, 6) is -1.13. The van der Waals surface area contributed by atoms with Crippen molar-refractivity contribution in [3.63, 3.8) is 0 Å². The van der Waals surface area contributed by atoms with Gasteiger partial charge in [0.05, 0.1) is 5.39 Å². The maximum absolute atomic E-state index is 13.0. The average molecular weight is 341 g/mol. The van der Waals surface area contributed by atoms with Crippen molar-refractivity contribution in [2.75, 3.05) is 5.32 Å². The van der Waals surface area contributed by atoms with E-state index >= 15 is 0 Å². The molecule has 0 unspecified atom stereocenters. The van der Waals surface area contributed by atoms with Crippen LogP contribution in [0, 0.1) is 13.8 Å². The predicted molar refractivity (Wildman–Crippen MR) is 83.1 cm³/mol. The molecule has 0 spiro atoms. The number of anilines is 2. The highest BCUT2D eigenvalue weighted by Crippen LogP contribution is 2.32. The second-order valence-corrected chi connectivity index (χ2v) is 5.60. The summed E-state index contributed by atoms with van der Waals surface area (Å²) in [5.41, 5.74) is 2.25. The highest BCUT2D eigenvalue weighted by Gasteiger charge is 2.35. The SMILES string of the molecule is Cc1cc2c(Nc3ccc(C)c(Cl)c3)nc(C(F)(F)F)nc2[nH]1. The Morgan fingerprint density at radius 3 is 2.52 bits per heavy atom. The number of fused-ring (bicyclic) bond motifs is 1. The topological polar surface area (TPSA) is 53.6 Å². The van der Waals surface area contributed by atoms with Crippen LogP contribution in [0.1, 0.15) is 17.1 Å². The van der Waals surface area contributed by atoms with E-state index in [1.54, 1.807) is 31.2 Å². The van der Waals surface area contributed by atoms with Crippen molar-refractivity contribution in [3.8, 4) is 0 Å². The lowest BCUT2D eigenvalue weighted by molar-refractivity contribution is -0.144. The van der Waals surface area contributed by atoms with Gasteiger partial charge in [-0.15, -0.1) is 0 Å². The first kappa shape index (κ1) is 15.6. The Labute approximate surface area is 134 Å². The largest absolute Gasteiger partial charge is 0.451 e. The molecule has 2 N–H and O–H groups in total. The minimum absolute atomic E-state index is 0.0756. The first-order chi connectivity index (χ1) is 10.7. The number of H-pyrrole nitrogens is 1. The number of aryl methyl sites for hydroxylation is 2. The molecule has 1 aromatic carbocycles. The summed E-state index contributed by atoms with van der Waals surface area (Å²) in [6.45, 7) is 3.58. The van der Waals surface area contributed by atoms with Crippen LogP contribution in [0.3, 0.4) is 0 Å². The number of rotatable bonds is 2. The van der Waals surface area contributed by atoms with Gasteiger partial charge in [0.2, 0.25) is 5.82 Å². The minimum atomic E-state index is -4.63. The molecule has 2 aromatic heterocycles. The Kier molecular flexibility index (Phi) is 3.68. The van der Waals surface area contributed by atoms with E-state index in [4.69, 9.17) is 11.6 Å². The maximum atomic E-state index is 13.0. The number of aromatic nitrogens is 3. The van der Waals surface area contributed by atoms with Gasteiger partial charge in [-0.05, 0) is 37.6 Å². The molecule has 23 heavy (non-hydrogen) atoms. The van der Waals surface area contributed by atoms with Crippen LogP contribution in [0.15, 0.2) is 24.3 Å². The summed E-state index contributed by atoms with van der Waals surface area (Å²) in [4.78, 5) is 9.97. The lowest BCUT2D eigenvalue weighted by Gasteiger charge is -2.11. The molecule has 120 valence electrons. The third kappa shape index (κ3) is 3.10. The second-order valence-electron chi connectivity index (χ2n) is 5.20. The highest BCUT2D eigenvalue weighted by atomic mass is 35.5. The Bertz CT molecular complexity index is 886. The van der Waals surface area contributed by atoms with Gasteiger partial charge in [-0.1, -0.05) is 17.7 Å². The number of benzene rings is 1. The standard InChI is InChI=1S/C15H12ClF3N4/c1-7-3-4-9(6-11(7)16)21-13-10-5-8(2)20-12(10)22-14(23-13)15(17,18)19/h3-6H,1-2H3,(H2,20,21,22,23). The van der Waals surface area contributed by atoms with E-state index in [0.29, 0.717) is 21.8 Å². The zero-order valence-corrected chi connectivity index (χ0v) is 13.0. The lowest BCUT2D eigenvalue weighted by atomic mass is 10.2. The van der Waals surface area contributed by atoms with Crippen molar-refractivity contribution in [1.29, 1.82) is 0 Å².